The fourth-order valence-electron chi connectivity index (χ4n) is 2.49. The third-order valence-electron chi connectivity index (χ3n) is 3.57. The number of aromatic nitrogens is 3. The third kappa shape index (κ3) is 2.94. The summed E-state index contributed by atoms with van der Waals surface area (Å²) in [6.45, 7) is 1.34. The number of hydrogen-bond donors (Lipinski definition) is 1. The molecular formula is C16H12F3N3O2. The second-order valence-electron chi connectivity index (χ2n) is 5.31. The van der Waals surface area contributed by atoms with E-state index in [9.17, 15) is 18.0 Å². The molecule has 0 spiro atoms. The van der Waals surface area contributed by atoms with Crippen molar-refractivity contribution < 1.29 is 23.1 Å². The van der Waals surface area contributed by atoms with Gasteiger partial charge in [-0.05, 0) is 30.7 Å². The number of rotatable bonds is 3. The summed E-state index contributed by atoms with van der Waals surface area (Å²) in [4.78, 5) is 15.1. The lowest BCUT2D eigenvalue weighted by Crippen LogP contribution is -2.10. The van der Waals surface area contributed by atoms with E-state index in [1.807, 2.05) is 0 Å². The van der Waals surface area contributed by atoms with Crippen LogP contribution in [0.1, 0.15) is 11.3 Å². The molecule has 0 bridgehead atoms. The molecule has 0 saturated heterocycles. The zero-order chi connectivity index (χ0) is 17.5. The molecule has 24 heavy (non-hydrogen) atoms. The summed E-state index contributed by atoms with van der Waals surface area (Å²) in [6, 6.07) is 6.49. The van der Waals surface area contributed by atoms with Gasteiger partial charge in [0.15, 0.2) is 0 Å². The van der Waals surface area contributed by atoms with E-state index in [4.69, 9.17) is 5.11 Å². The van der Waals surface area contributed by atoms with E-state index < -0.39 is 17.7 Å². The van der Waals surface area contributed by atoms with Crippen LogP contribution < -0.4 is 0 Å². The normalized spacial score (nSPS) is 11.8. The van der Waals surface area contributed by atoms with Crippen molar-refractivity contribution in [2.45, 2.75) is 19.6 Å². The molecule has 124 valence electrons. The van der Waals surface area contributed by atoms with Crippen molar-refractivity contribution in [1.29, 1.82) is 0 Å². The number of carboxylic acids is 1. The Morgan fingerprint density at radius 1 is 1.25 bits per heavy atom. The molecule has 1 aromatic carbocycles. The molecular weight excluding hydrogens is 323 g/mol. The van der Waals surface area contributed by atoms with E-state index in [1.54, 1.807) is 19.1 Å². The first kappa shape index (κ1) is 16.0. The maximum absolute atomic E-state index is 12.9. The molecule has 2 aromatic heterocycles. The minimum absolute atomic E-state index is 0.347. The van der Waals surface area contributed by atoms with Crippen molar-refractivity contribution in [2.75, 3.05) is 0 Å². The number of carbonyl (C=O) groups is 1. The molecule has 3 aromatic rings. The highest BCUT2D eigenvalue weighted by atomic mass is 19.4. The standard InChI is InChI=1S/C16H12F3N3O2/c1-9-15-13(22(21-9)8-14(23)24)6-11(7-20-15)10-3-2-4-12(5-10)16(17,18)19/h2-7H,8H2,1H3,(H,23,24). The van der Waals surface area contributed by atoms with Crippen LogP contribution in [0.2, 0.25) is 0 Å². The third-order valence-corrected chi connectivity index (χ3v) is 3.57. The van der Waals surface area contributed by atoms with Crippen LogP contribution in [0.3, 0.4) is 0 Å². The molecule has 3 rings (SSSR count). The van der Waals surface area contributed by atoms with Gasteiger partial charge < -0.3 is 5.11 Å². The minimum Gasteiger partial charge on any atom is -0.480 e. The molecule has 0 fully saturated rings. The Kier molecular flexibility index (Phi) is 3.75. The average molecular weight is 335 g/mol. The van der Waals surface area contributed by atoms with Gasteiger partial charge in [-0.15, -0.1) is 0 Å². The lowest BCUT2D eigenvalue weighted by atomic mass is 10.0. The highest BCUT2D eigenvalue weighted by Crippen LogP contribution is 2.32. The molecule has 0 unspecified atom stereocenters. The molecule has 0 saturated carbocycles. The lowest BCUT2D eigenvalue weighted by Gasteiger charge is -2.09. The van der Waals surface area contributed by atoms with Crippen LogP contribution in [-0.4, -0.2) is 25.8 Å². The Bertz CT molecular complexity index is 932. The van der Waals surface area contributed by atoms with Crippen molar-refractivity contribution in [1.82, 2.24) is 14.8 Å². The number of aryl methyl sites for hydroxylation is 1. The van der Waals surface area contributed by atoms with Crippen LogP contribution in [0.25, 0.3) is 22.2 Å². The van der Waals surface area contributed by atoms with Crippen molar-refractivity contribution in [3.05, 3.63) is 47.8 Å². The number of hydrogen-bond acceptors (Lipinski definition) is 3. The molecule has 0 aliphatic carbocycles. The summed E-state index contributed by atoms with van der Waals surface area (Å²) in [7, 11) is 0. The smallest absolute Gasteiger partial charge is 0.416 e. The van der Waals surface area contributed by atoms with Crippen LogP contribution in [0, 0.1) is 6.92 Å². The number of carboxylic acid groups (broad SMARTS) is 1. The van der Waals surface area contributed by atoms with E-state index in [1.165, 1.54) is 16.9 Å². The summed E-state index contributed by atoms with van der Waals surface area (Å²) in [5.41, 5.74) is 1.59. The molecule has 0 atom stereocenters. The number of fused-ring (bicyclic) bond motifs is 1. The Labute approximate surface area is 134 Å². The molecule has 8 heteroatoms. The topological polar surface area (TPSA) is 68.0 Å². The van der Waals surface area contributed by atoms with Crippen LogP contribution in [0.5, 0.6) is 0 Å². The van der Waals surface area contributed by atoms with Gasteiger partial charge in [0, 0.05) is 11.8 Å². The predicted octanol–water partition coefficient (Wildman–Crippen LogP) is 3.51. The number of aliphatic carboxylic acids is 1. The maximum atomic E-state index is 12.9. The maximum Gasteiger partial charge on any atom is 0.416 e. The first-order valence-electron chi connectivity index (χ1n) is 6.98. The zero-order valence-corrected chi connectivity index (χ0v) is 12.5. The van der Waals surface area contributed by atoms with Gasteiger partial charge in [-0.25, -0.2) is 0 Å². The Morgan fingerprint density at radius 3 is 2.67 bits per heavy atom. The van der Waals surface area contributed by atoms with Crippen LogP contribution in [-0.2, 0) is 17.5 Å². The quantitative estimate of drug-likeness (QED) is 0.795. The molecule has 0 radical (unpaired) electrons. The number of benzene rings is 1. The number of pyridine rings is 1. The van der Waals surface area contributed by atoms with Crippen molar-refractivity contribution >= 4 is 17.0 Å². The van der Waals surface area contributed by atoms with Gasteiger partial charge in [-0.2, -0.15) is 18.3 Å². The monoisotopic (exact) mass is 335 g/mol. The Morgan fingerprint density at radius 2 is 2.00 bits per heavy atom. The summed E-state index contributed by atoms with van der Waals surface area (Å²) in [6.07, 6.45) is -2.98. The van der Waals surface area contributed by atoms with Crippen LogP contribution in [0.15, 0.2) is 36.5 Å². The van der Waals surface area contributed by atoms with E-state index in [0.717, 1.165) is 12.1 Å². The van der Waals surface area contributed by atoms with Gasteiger partial charge in [0.2, 0.25) is 0 Å². The molecule has 5 nitrogen and oxygen atoms in total. The van der Waals surface area contributed by atoms with Gasteiger partial charge in [0.05, 0.1) is 16.8 Å². The van der Waals surface area contributed by atoms with Crippen molar-refractivity contribution in [3.8, 4) is 11.1 Å². The first-order valence-corrected chi connectivity index (χ1v) is 6.98. The summed E-state index contributed by atoms with van der Waals surface area (Å²) in [5, 5.41) is 13.1. The predicted molar refractivity (Wildman–Crippen MR) is 80.3 cm³/mol. The highest BCUT2D eigenvalue weighted by Gasteiger charge is 2.30. The molecule has 0 aliphatic rings. The van der Waals surface area contributed by atoms with Gasteiger partial charge in [-0.3, -0.25) is 14.5 Å². The van der Waals surface area contributed by atoms with Crippen LogP contribution >= 0.6 is 0 Å². The van der Waals surface area contributed by atoms with Gasteiger partial charge >= 0.3 is 12.1 Å². The Balaban J connectivity index is 2.12. The summed E-state index contributed by atoms with van der Waals surface area (Å²) in [5.74, 6) is -1.07. The first-order chi connectivity index (χ1) is 11.3. The van der Waals surface area contributed by atoms with Crippen molar-refractivity contribution in [3.63, 3.8) is 0 Å². The SMILES string of the molecule is Cc1nn(CC(=O)O)c2cc(-c3cccc(C(F)(F)F)c3)cnc12. The largest absolute Gasteiger partial charge is 0.480 e. The summed E-state index contributed by atoms with van der Waals surface area (Å²) >= 11 is 0. The zero-order valence-electron chi connectivity index (χ0n) is 12.5. The second kappa shape index (κ2) is 5.63. The molecule has 0 amide bonds. The number of halogens is 3. The minimum atomic E-state index is -4.44. The summed E-state index contributed by atoms with van der Waals surface area (Å²) < 4.78 is 39.8. The fraction of sp³-hybridized carbons (Fsp3) is 0.188. The molecule has 1 N–H and O–H groups in total. The van der Waals surface area contributed by atoms with E-state index in [0.29, 0.717) is 27.9 Å². The highest BCUT2D eigenvalue weighted by molar-refractivity contribution is 5.83. The van der Waals surface area contributed by atoms with Gasteiger partial charge in [0.1, 0.15) is 12.1 Å². The van der Waals surface area contributed by atoms with Crippen molar-refractivity contribution in [2.24, 2.45) is 0 Å². The molecule has 2 heterocycles. The molecule has 0 aliphatic heterocycles. The van der Waals surface area contributed by atoms with Gasteiger partial charge in [0.25, 0.3) is 0 Å². The van der Waals surface area contributed by atoms with E-state index in [2.05, 4.69) is 10.1 Å². The van der Waals surface area contributed by atoms with E-state index in [-0.39, 0.29) is 6.54 Å². The lowest BCUT2D eigenvalue weighted by molar-refractivity contribution is -0.138. The Hall–Kier alpha value is -2.90. The number of alkyl halides is 3. The van der Waals surface area contributed by atoms with Gasteiger partial charge in [-0.1, -0.05) is 12.1 Å². The van der Waals surface area contributed by atoms with E-state index >= 15 is 0 Å². The average Bonchev–Trinajstić information content (AvgIpc) is 2.82. The van der Waals surface area contributed by atoms with Crippen LogP contribution in [0.4, 0.5) is 13.2 Å². The second-order valence-corrected chi connectivity index (χ2v) is 5.31. The number of nitrogens with zero attached hydrogens (tertiary/aromatic N) is 3. The fourth-order valence-corrected chi connectivity index (χ4v) is 2.49.